The number of nitrogens with one attached hydrogen (secondary N) is 1. The van der Waals surface area contributed by atoms with Gasteiger partial charge in [-0.15, -0.1) is 0 Å². The van der Waals surface area contributed by atoms with E-state index < -0.39 is 0 Å². The third-order valence-electron chi connectivity index (χ3n) is 5.00. The Labute approximate surface area is 163 Å². The predicted octanol–water partition coefficient (Wildman–Crippen LogP) is 2.81. The number of nitrogens with zero attached hydrogens (tertiary/aromatic N) is 4. The highest BCUT2D eigenvalue weighted by Gasteiger charge is 2.19. The van der Waals surface area contributed by atoms with Crippen LogP contribution in [0, 0.1) is 0 Å². The van der Waals surface area contributed by atoms with E-state index in [0.29, 0.717) is 18.1 Å². The van der Waals surface area contributed by atoms with E-state index in [-0.39, 0.29) is 17.9 Å². The summed E-state index contributed by atoms with van der Waals surface area (Å²) >= 11 is 0. The fourth-order valence-corrected chi connectivity index (χ4v) is 3.59. The van der Waals surface area contributed by atoms with E-state index in [9.17, 15) is 9.59 Å². The molecule has 0 spiro atoms. The van der Waals surface area contributed by atoms with Gasteiger partial charge in [0, 0.05) is 32.3 Å². The fourth-order valence-electron chi connectivity index (χ4n) is 3.59. The Bertz CT molecular complexity index is 1030. The number of carbonyl (C=O) groups excluding carboxylic acids is 1. The van der Waals surface area contributed by atoms with Crippen molar-refractivity contribution in [3.05, 3.63) is 59.1 Å². The second kappa shape index (κ2) is 8.21. The van der Waals surface area contributed by atoms with Crippen molar-refractivity contribution in [3.63, 3.8) is 0 Å². The highest BCUT2D eigenvalue weighted by Crippen LogP contribution is 2.18. The Kier molecular flexibility index (Phi) is 5.32. The first kappa shape index (κ1) is 18.2. The van der Waals surface area contributed by atoms with Gasteiger partial charge in [-0.3, -0.25) is 14.6 Å². The standard InChI is InChI=1S/C21H23N5O2/c27-19(23-16-7-6-11-22-15-16)10-14-26-18-9-3-2-8-17(18)24-20(21(26)28)25-12-4-1-5-13-25/h2-3,6-9,11,15H,1,4-5,10,12-14H2,(H,23,27). The number of benzene rings is 1. The first-order valence-corrected chi connectivity index (χ1v) is 9.67. The lowest BCUT2D eigenvalue weighted by Gasteiger charge is -2.27. The Morgan fingerprint density at radius 3 is 2.68 bits per heavy atom. The second-order valence-corrected chi connectivity index (χ2v) is 6.97. The number of fused-ring (bicyclic) bond motifs is 1. The van der Waals surface area contributed by atoms with Gasteiger partial charge in [0.2, 0.25) is 5.91 Å². The van der Waals surface area contributed by atoms with Gasteiger partial charge >= 0.3 is 0 Å². The molecule has 1 aromatic carbocycles. The van der Waals surface area contributed by atoms with Gasteiger partial charge in [0.05, 0.1) is 22.9 Å². The molecule has 1 saturated heterocycles. The molecule has 3 heterocycles. The van der Waals surface area contributed by atoms with Crippen LogP contribution >= 0.6 is 0 Å². The highest BCUT2D eigenvalue weighted by molar-refractivity contribution is 5.90. The summed E-state index contributed by atoms with van der Waals surface area (Å²) in [7, 11) is 0. The van der Waals surface area contributed by atoms with Crippen LogP contribution in [-0.4, -0.2) is 33.5 Å². The van der Waals surface area contributed by atoms with Crippen LogP contribution in [0.25, 0.3) is 11.0 Å². The molecule has 1 fully saturated rings. The third-order valence-corrected chi connectivity index (χ3v) is 5.00. The van der Waals surface area contributed by atoms with Gasteiger partial charge in [0.15, 0.2) is 5.82 Å². The van der Waals surface area contributed by atoms with Gasteiger partial charge in [-0.1, -0.05) is 12.1 Å². The van der Waals surface area contributed by atoms with Crippen LogP contribution in [-0.2, 0) is 11.3 Å². The molecule has 0 bridgehead atoms. The summed E-state index contributed by atoms with van der Waals surface area (Å²) < 4.78 is 1.68. The molecule has 7 nitrogen and oxygen atoms in total. The number of carbonyl (C=O) groups is 1. The number of anilines is 2. The van der Waals surface area contributed by atoms with Crippen molar-refractivity contribution in [3.8, 4) is 0 Å². The fraction of sp³-hybridized carbons (Fsp3) is 0.333. The average molecular weight is 377 g/mol. The minimum atomic E-state index is -0.152. The van der Waals surface area contributed by atoms with Gasteiger partial charge < -0.3 is 14.8 Å². The maximum Gasteiger partial charge on any atom is 0.294 e. The maximum absolute atomic E-state index is 13.2. The molecule has 144 valence electrons. The number of para-hydroxylation sites is 2. The van der Waals surface area contributed by atoms with Crippen molar-refractivity contribution in [2.24, 2.45) is 0 Å². The first-order chi connectivity index (χ1) is 13.7. The molecular weight excluding hydrogens is 354 g/mol. The number of aromatic nitrogens is 3. The van der Waals surface area contributed by atoms with Crippen LogP contribution in [0.5, 0.6) is 0 Å². The number of piperidine rings is 1. The normalized spacial score (nSPS) is 14.2. The number of aryl methyl sites for hydroxylation is 1. The molecule has 1 aliphatic rings. The smallest absolute Gasteiger partial charge is 0.294 e. The molecule has 0 unspecified atom stereocenters. The molecule has 0 radical (unpaired) electrons. The van der Waals surface area contributed by atoms with Crippen LogP contribution in [0.1, 0.15) is 25.7 Å². The van der Waals surface area contributed by atoms with Crippen LogP contribution in [0.3, 0.4) is 0 Å². The van der Waals surface area contributed by atoms with Crippen molar-refractivity contribution in [2.45, 2.75) is 32.2 Å². The van der Waals surface area contributed by atoms with Crippen molar-refractivity contribution in [1.82, 2.24) is 14.5 Å². The van der Waals surface area contributed by atoms with Gasteiger partial charge in [-0.2, -0.15) is 0 Å². The van der Waals surface area contributed by atoms with Crippen molar-refractivity contribution >= 4 is 28.4 Å². The summed E-state index contributed by atoms with van der Waals surface area (Å²) in [5, 5.41) is 2.81. The molecule has 4 rings (SSSR count). The lowest BCUT2D eigenvalue weighted by Crippen LogP contribution is -2.37. The summed E-state index contributed by atoms with van der Waals surface area (Å²) in [6, 6.07) is 11.1. The molecule has 1 amide bonds. The molecule has 7 heteroatoms. The molecule has 2 aromatic heterocycles. The van der Waals surface area contributed by atoms with Gasteiger partial charge in [-0.05, 0) is 43.5 Å². The summed E-state index contributed by atoms with van der Waals surface area (Å²) in [4.78, 5) is 36.2. The van der Waals surface area contributed by atoms with Crippen molar-refractivity contribution in [1.29, 1.82) is 0 Å². The Balaban J connectivity index is 1.60. The number of hydrogen-bond donors (Lipinski definition) is 1. The van der Waals surface area contributed by atoms with Gasteiger partial charge in [0.25, 0.3) is 5.56 Å². The zero-order valence-electron chi connectivity index (χ0n) is 15.7. The van der Waals surface area contributed by atoms with Gasteiger partial charge in [-0.25, -0.2) is 4.98 Å². The minimum absolute atomic E-state index is 0.130. The molecule has 1 aliphatic heterocycles. The first-order valence-electron chi connectivity index (χ1n) is 9.67. The highest BCUT2D eigenvalue weighted by atomic mass is 16.2. The quantitative estimate of drug-likeness (QED) is 0.740. The van der Waals surface area contributed by atoms with Crippen molar-refractivity contribution < 1.29 is 4.79 Å². The Morgan fingerprint density at radius 1 is 1.07 bits per heavy atom. The molecule has 28 heavy (non-hydrogen) atoms. The Morgan fingerprint density at radius 2 is 1.89 bits per heavy atom. The SMILES string of the molecule is O=C(CCn1c(=O)c(N2CCCCC2)nc2ccccc21)Nc1cccnc1. The number of hydrogen-bond acceptors (Lipinski definition) is 5. The minimum Gasteiger partial charge on any atom is -0.352 e. The van der Waals surface area contributed by atoms with E-state index >= 15 is 0 Å². The molecular formula is C21H23N5O2. The Hall–Kier alpha value is -3.22. The summed E-state index contributed by atoms with van der Waals surface area (Å²) in [5.41, 5.74) is 2.04. The summed E-state index contributed by atoms with van der Waals surface area (Å²) in [6.07, 6.45) is 6.78. The zero-order chi connectivity index (χ0) is 19.3. The van der Waals surface area contributed by atoms with Crippen LogP contribution < -0.4 is 15.8 Å². The van der Waals surface area contributed by atoms with E-state index in [1.165, 1.54) is 6.42 Å². The molecule has 0 saturated carbocycles. The second-order valence-electron chi connectivity index (χ2n) is 6.97. The molecule has 0 atom stereocenters. The number of pyridine rings is 1. The lowest BCUT2D eigenvalue weighted by molar-refractivity contribution is -0.116. The van der Waals surface area contributed by atoms with Crippen LogP contribution in [0.15, 0.2) is 53.6 Å². The largest absolute Gasteiger partial charge is 0.352 e. The van der Waals surface area contributed by atoms with E-state index in [1.807, 2.05) is 24.3 Å². The van der Waals surface area contributed by atoms with Crippen LogP contribution in [0.2, 0.25) is 0 Å². The third kappa shape index (κ3) is 3.88. The van der Waals surface area contributed by atoms with E-state index in [4.69, 9.17) is 0 Å². The zero-order valence-corrected chi connectivity index (χ0v) is 15.7. The maximum atomic E-state index is 13.2. The lowest BCUT2D eigenvalue weighted by atomic mass is 10.1. The summed E-state index contributed by atoms with van der Waals surface area (Å²) in [5.74, 6) is 0.339. The van der Waals surface area contributed by atoms with Crippen LogP contribution in [0.4, 0.5) is 11.5 Å². The monoisotopic (exact) mass is 377 g/mol. The predicted molar refractivity (Wildman–Crippen MR) is 110 cm³/mol. The van der Waals surface area contributed by atoms with Gasteiger partial charge in [0.1, 0.15) is 0 Å². The molecule has 3 aromatic rings. The molecule has 1 N–H and O–H groups in total. The average Bonchev–Trinajstić information content (AvgIpc) is 2.74. The molecule has 0 aliphatic carbocycles. The van der Waals surface area contributed by atoms with Crippen molar-refractivity contribution in [2.75, 3.05) is 23.3 Å². The summed E-state index contributed by atoms with van der Waals surface area (Å²) in [6.45, 7) is 2.00. The topological polar surface area (TPSA) is 80.1 Å². The number of rotatable bonds is 5. The van der Waals surface area contributed by atoms with E-state index in [2.05, 4.69) is 20.2 Å². The van der Waals surface area contributed by atoms with E-state index in [1.54, 1.807) is 29.1 Å². The number of amides is 1. The van der Waals surface area contributed by atoms with E-state index in [0.717, 1.165) is 37.0 Å².